The van der Waals surface area contributed by atoms with Gasteiger partial charge in [-0.3, -0.25) is 0 Å². The number of aromatic nitrogens is 3. The Morgan fingerprint density at radius 3 is 2.58 bits per heavy atom. The molecule has 0 saturated heterocycles. The number of hydrogen-bond donors (Lipinski definition) is 0. The molecular formula is C9H8N3+. The Labute approximate surface area is 70.1 Å². The number of hydrogen-bond acceptors (Lipinski definition) is 2. The Hall–Kier alpha value is -1.77. The highest BCUT2D eigenvalue weighted by Crippen LogP contribution is 2.08. The molecule has 2 rings (SSSR count). The highest BCUT2D eigenvalue weighted by molar-refractivity contribution is 5.50. The first kappa shape index (κ1) is 6.91. The fourth-order valence-electron chi connectivity index (χ4n) is 0.981. The third-order valence-corrected chi connectivity index (χ3v) is 1.53. The molecule has 0 aromatic carbocycles. The Kier molecular flexibility index (Phi) is 1.78. The molecule has 0 radical (unpaired) electrons. The van der Waals surface area contributed by atoms with Crippen LogP contribution in [0.25, 0.3) is 11.4 Å². The quantitative estimate of drug-likeness (QED) is 0.620. The van der Waals surface area contributed by atoms with Crippen LogP contribution >= 0.6 is 0 Å². The van der Waals surface area contributed by atoms with Gasteiger partial charge in [-0.25, -0.2) is 15.0 Å². The summed E-state index contributed by atoms with van der Waals surface area (Å²) >= 11 is 0. The fourth-order valence-corrected chi connectivity index (χ4v) is 0.981. The largest absolute Gasteiger partial charge is 0.236 e. The maximum Gasteiger partial charge on any atom is 0.178 e. The lowest BCUT2D eigenvalue weighted by Gasteiger charge is -1.92. The smallest absolute Gasteiger partial charge is 0.178 e. The number of rotatable bonds is 1. The standard InChI is InChI=1S/C9H7N3/c1-3-8(7-10-4-1)9-11-5-2-6-12-9/h1-7H/p+1. The van der Waals surface area contributed by atoms with Crippen molar-refractivity contribution in [2.24, 2.45) is 0 Å². The first-order chi connectivity index (χ1) is 5.97. The molecule has 0 aliphatic heterocycles. The predicted octanol–water partition coefficient (Wildman–Crippen LogP) is 0.958. The SMILES string of the molecule is c1cnc(-c2ccc[nH+]c2)nc1. The van der Waals surface area contributed by atoms with E-state index in [1.165, 1.54) is 0 Å². The van der Waals surface area contributed by atoms with Crippen LogP contribution in [0.4, 0.5) is 0 Å². The van der Waals surface area contributed by atoms with E-state index in [2.05, 4.69) is 15.0 Å². The molecular weight excluding hydrogens is 150 g/mol. The summed E-state index contributed by atoms with van der Waals surface area (Å²) in [7, 11) is 0. The molecule has 58 valence electrons. The zero-order valence-electron chi connectivity index (χ0n) is 6.44. The minimum atomic E-state index is 0.745. The fraction of sp³-hybridized carbons (Fsp3) is 0. The van der Waals surface area contributed by atoms with Gasteiger partial charge < -0.3 is 0 Å². The topological polar surface area (TPSA) is 39.9 Å². The summed E-state index contributed by atoms with van der Waals surface area (Å²) in [4.78, 5) is 11.2. The maximum atomic E-state index is 4.12. The van der Waals surface area contributed by atoms with Crippen LogP contribution in [0.2, 0.25) is 0 Å². The second-order valence-electron chi connectivity index (χ2n) is 2.36. The van der Waals surface area contributed by atoms with Crippen molar-refractivity contribution in [1.29, 1.82) is 0 Å². The van der Waals surface area contributed by atoms with E-state index in [-0.39, 0.29) is 0 Å². The first-order valence-electron chi connectivity index (χ1n) is 3.70. The number of pyridine rings is 1. The van der Waals surface area contributed by atoms with Gasteiger partial charge in [0.1, 0.15) is 0 Å². The van der Waals surface area contributed by atoms with Gasteiger partial charge in [0.25, 0.3) is 0 Å². The molecule has 2 heterocycles. The third kappa shape index (κ3) is 1.29. The van der Waals surface area contributed by atoms with E-state index in [0.29, 0.717) is 0 Å². The van der Waals surface area contributed by atoms with Crippen LogP contribution in [0.1, 0.15) is 0 Å². The molecule has 1 N–H and O–H groups in total. The molecule has 2 aromatic rings. The highest BCUT2D eigenvalue weighted by atomic mass is 14.9. The zero-order chi connectivity index (χ0) is 8.23. The third-order valence-electron chi connectivity index (χ3n) is 1.53. The second kappa shape index (κ2) is 3.09. The van der Waals surface area contributed by atoms with Gasteiger partial charge in [0, 0.05) is 18.5 Å². The average Bonchev–Trinajstić information content (AvgIpc) is 2.21. The lowest BCUT2D eigenvalue weighted by atomic mass is 10.3. The normalized spacial score (nSPS) is 9.67. The Balaban J connectivity index is 2.46. The average molecular weight is 158 g/mol. The van der Waals surface area contributed by atoms with E-state index < -0.39 is 0 Å². The molecule has 0 aliphatic carbocycles. The van der Waals surface area contributed by atoms with E-state index in [0.717, 1.165) is 11.4 Å². The first-order valence-corrected chi connectivity index (χ1v) is 3.70. The molecule has 0 fully saturated rings. The number of aromatic amines is 1. The minimum Gasteiger partial charge on any atom is -0.236 e. The summed E-state index contributed by atoms with van der Waals surface area (Å²) in [5.74, 6) is 0.745. The van der Waals surface area contributed by atoms with Crippen molar-refractivity contribution in [2.45, 2.75) is 0 Å². The van der Waals surface area contributed by atoms with Gasteiger partial charge in [-0.15, -0.1) is 0 Å². The summed E-state index contributed by atoms with van der Waals surface area (Å²) < 4.78 is 0. The van der Waals surface area contributed by atoms with Crippen LogP contribution in [0.5, 0.6) is 0 Å². The van der Waals surface area contributed by atoms with Gasteiger partial charge in [0.05, 0.1) is 5.56 Å². The molecule has 0 atom stereocenters. The predicted molar refractivity (Wildman–Crippen MR) is 44.0 cm³/mol. The summed E-state index contributed by atoms with van der Waals surface area (Å²) in [6, 6.07) is 5.69. The monoisotopic (exact) mass is 158 g/mol. The van der Waals surface area contributed by atoms with Crippen LogP contribution in [0.15, 0.2) is 43.0 Å². The van der Waals surface area contributed by atoms with Crippen LogP contribution in [-0.2, 0) is 0 Å². The van der Waals surface area contributed by atoms with Crippen molar-refractivity contribution in [2.75, 3.05) is 0 Å². The lowest BCUT2D eigenvalue weighted by Crippen LogP contribution is -1.99. The van der Waals surface area contributed by atoms with E-state index in [9.17, 15) is 0 Å². The second-order valence-corrected chi connectivity index (χ2v) is 2.36. The van der Waals surface area contributed by atoms with E-state index in [4.69, 9.17) is 0 Å². The van der Waals surface area contributed by atoms with Crippen LogP contribution in [0.3, 0.4) is 0 Å². The molecule has 3 nitrogen and oxygen atoms in total. The van der Waals surface area contributed by atoms with Crippen molar-refractivity contribution in [3.8, 4) is 11.4 Å². The summed E-state index contributed by atoms with van der Waals surface area (Å²) in [5, 5.41) is 0. The van der Waals surface area contributed by atoms with Crippen LogP contribution in [0, 0.1) is 0 Å². The van der Waals surface area contributed by atoms with Gasteiger partial charge in [-0.1, -0.05) is 0 Å². The van der Waals surface area contributed by atoms with Crippen molar-refractivity contribution in [3.63, 3.8) is 0 Å². The van der Waals surface area contributed by atoms with E-state index in [1.54, 1.807) is 18.5 Å². The maximum absolute atomic E-state index is 4.12. The summed E-state index contributed by atoms with van der Waals surface area (Å²) in [6.45, 7) is 0. The van der Waals surface area contributed by atoms with Gasteiger partial charge in [-0.2, -0.15) is 0 Å². The van der Waals surface area contributed by atoms with Crippen LogP contribution < -0.4 is 4.98 Å². The number of H-pyrrole nitrogens is 1. The van der Waals surface area contributed by atoms with Gasteiger partial charge in [0.2, 0.25) is 0 Å². The van der Waals surface area contributed by atoms with E-state index >= 15 is 0 Å². The van der Waals surface area contributed by atoms with Gasteiger partial charge in [-0.05, 0) is 12.1 Å². The Morgan fingerprint density at radius 1 is 1.08 bits per heavy atom. The summed E-state index contributed by atoms with van der Waals surface area (Å²) in [6.07, 6.45) is 7.19. The molecule has 12 heavy (non-hydrogen) atoms. The summed E-state index contributed by atoms with van der Waals surface area (Å²) in [5.41, 5.74) is 0.998. The molecule has 0 unspecified atom stereocenters. The van der Waals surface area contributed by atoms with Crippen molar-refractivity contribution < 1.29 is 4.98 Å². The van der Waals surface area contributed by atoms with Crippen molar-refractivity contribution in [1.82, 2.24) is 9.97 Å². The molecule has 0 saturated carbocycles. The van der Waals surface area contributed by atoms with Crippen molar-refractivity contribution >= 4 is 0 Å². The molecule has 0 aliphatic rings. The highest BCUT2D eigenvalue weighted by Gasteiger charge is 1.99. The minimum absolute atomic E-state index is 0.745. The zero-order valence-corrected chi connectivity index (χ0v) is 6.44. The number of nitrogens with zero attached hydrogens (tertiary/aromatic N) is 2. The molecule has 0 spiro atoms. The lowest BCUT2D eigenvalue weighted by molar-refractivity contribution is -0.377. The van der Waals surface area contributed by atoms with Crippen molar-refractivity contribution in [3.05, 3.63) is 43.0 Å². The molecule has 0 amide bonds. The van der Waals surface area contributed by atoms with Crippen LogP contribution in [-0.4, -0.2) is 9.97 Å². The molecule has 3 heteroatoms. The Bertz CT molecular complexity index is 307. The Morgan fingerprint density at radius 2 is 1.92 bits per heavy atom. The van der Waals surface area contributed by atoms with E-state index in [1.807, 2.05) is 24.5 Å². The molecule has 2 aromatic heterocycles. The molecule has 0 bridgehead atoms. The van der Waals surface area contributed by atoms with Gasteiger partial charge in [0.15, 0.2) is 18.2 Å². The number of nitrogens with one attached hydrogen (secondary N) is 1. The van der Waals surface area contributed by atoms with Gasteiger partial charge >= 0.3 is 0 Å².